The Morgan fingerprint density at radius 3 is 2.15 bits per heavy atom. The van der Waals surface area contributed by atoms with Crippen LogP contribution in [-0.2, 0) is 10.0 Å². The Labute approximate surface area is 154 Å². The van der Waals surface area contributed by atoms with E-state index < -0.39 is 27.6 Å². The molecule has 3 aromatic carbocycles. The standard InChI is InChI=1S/C19H14F2N2O3S/c20-14-8-6-13(7-9-14)19(24)22-18-11-10-16(12-17(18)21)27(25,26)23-15-4-2-1-3-5-15/h1-12,23H,(H,22,24). The highest BCUT2D eigenvalue weighted by Gasteiger charge is 2.17. The van der Waals surface area contributed by atoms with Crippen LogP contribution in [0.3, 0.4) is 0 Å². The zero-order chi connectivity index (χ0) is 19.4. The summed E-state index contributed by atoms with van der Waals surface area (Å²) in [5.41, 5.74) is 0.285. The molecule has 0 fully saturated rings. The van der Waals surface area contributed by atoms with Gasteiger partial charge in [-0.1, -0.05) is 18.2 Å². The molecule has 0 saturated heterocycles. The number of carbonyl (C=O) groups is 1. The average molecular weight is 388 g/mol. The lowest BCUT2D eigenvalue weighted by molar-refractivity contribution is 0.102. The van der Waals surface area contributed by atoms with Crippen LogP contribution in [0.4, 0.5) is 20.2 Å². The largest absolute Gasteiger partial charge is 0.319 e. The molecule has 0 aliphatic rings. The van der Waals surface area contributed by atoms with E-state index in [-0.39, 0.29) is 16.1 Å². The normalized spacial score (nSPS) is 11.0. The number of hydrogen-bond donors (Lipinski definition) is 2. The van der Waals surface area contributed by atoms with Gasteiger partial charge in [-0.25, -0.2) is 17.2 Å². The predicted octanol–water partition coefficient (Wildman–Crippen LogP) is 4.02. The molecule has 0 spiro atoms. The highest BCUT2D eigenvalue weighted by molar-refractivity contribution is 7.92. The minimum absolute atomic E-state index is 0.137. The number of benzene rings is 3. The molecule has 138 valence electrons. The fraction of sp³-hybridized carbons (Fsp3) is 0. The van der Waals surface area contributed by atoms with Crippen molar-refractivity contribution in [1.29, 1.82) is 0 Å². The van der Waals surface area contributed by atoms with Crippen LogP contribution in [-0.4, -0.2) is 14.3 Å². The first-order valence-electron chi connectivity index (χ1n) is 7.79. The molecule has 0 radical (unpaired) electrons. The van der Waals surface area contributed by atoms with Gasteiger partial charge in [0.15, 0.2) is 0 Å². The summed E-state index contributed by atoms with van der Waals surface area (Å²) in [6, 6.07) is 16.0. The summed E-state index contributed by atoms with van der Waals surface area (Å²) < 4.78 is 54.2. The number of amides is 1. The number of rotatable bonds is 5. The van der Waals surface area contributed by atoms with Gasteiger partial charge in [0.05, 0.1) is 10.6 Å². The molecule has 3 aromatic rings. The van der Waals surface area contributed by atoms with Crippen LogP contribution in [0.25, 0.3) is 0 Å². The molecule has 5 nitrogen and oxygen atoms in total. The van der Waals surface area contributed by atoms with Crippen molar-refractivity contribution in [3.63, 3.8) is 0 Å². The summed E-state index contributed by atoms with van der Waals surface area (Å²) in [7, 11) is -3.98. The van der Waals surface area contributed by atoms with Crippen molar-refractivity contribution in [2.45, 2.75) is 4.90 Å². The van der Waals surface area contributed by atoms with Gasteiger partial charge in [0.2, 0.25) is 0 Å². The summed E-state index contributed by atoms with van der Waals surface area (Å²) >= 11 is 0. The topological polar surface area (TPSA) is 75.3 Å². The van der Waals surface area contributed by atoms with Crippen LogP contribution in [0, 0.1) is 11.6 Å². The summed E-state index contributed by atoms with van der Waals surface area (Å²) in [5, 5.41) is 2.32. The Morgan fingerprint density at radius 1 is 0.852 bits per heavy atom. The quantitative estimate of drug-likeness (QED) is 0.693. The van der Waals surface area contributed by atoms with E-state index in [1.54, 1.807) is 30.3 Å². The molecular weight excluding hydrogens is 374 g/mol. The van der Waals surface area contributed by atoms with E-state index in [0.717, 1.165) is 24.3 Å². The first-order chi connectivity index (χ1) is 12.8. The highest BCUT2D eigenvalue weighted by atomic mass is 32.2. The molecule has 0 heterocycles. The smallest absolute Gasteiger partial charge is 0.261 e. The number of hydrogen-bond acceptors (Lipinski definition) is 3. The van der Waals surface area contributed by atoms with E-state index in [1.807, 2.05) is 0 Å². The third-order valence-electron chi connectivity index (χ3n) is 3.63. The molecule has 0 aliphatic carbocycles. The van der Waals surface area contributed by atoms with E-state index in [0.29, 0.717) is 5.69 Å². The Morgan fingerprint density at radius 2 is 1.52 bits per heavy atom. The number of nitrogens with one attached hydrogen (secondary N) is 2. The van der Waals surface area contributed by atoms with Gasteiger partial charge in [-0.05, 0) is 54.6 Å². The van der Waals surface area contributed by atoms with Crippen molar-refractivity contribution in [3.05, 3.63) is 90.0 Å². The van der Waals surface area contributed by atoms with Gasteiger partial charge < -0.3 is 5.32 Å². The second-order valence-corrected chi connectivity index (χ2v) is 7.26. The number of para-hydroxylation sites is 1. The number of carbonyl (C=O) groups excluding carboxylic acids is 1. The van der Waals surface area contributed by atoms with Crippen molar-refractivity contribution in [2.75, 3.05) is 10.0 Å². The molecule has 0 saturated carbocycles. The number of sulfonamides is 1. The second-order valence-electron chi connectivity index (χ2n) is 5.57. The van der Waals surface area contributed by atoms with Crippen LogP contribution in [0.15, 0.2) is 77.7 Å². The molecule has 0 bridgehead atoms. The fourth-order valence-corrected chi connectivity index (χ4v) is 3.35. The zero-order valence-corrected chi connectivity index (χ0v) is 14.6. The summed E-state index contributed by atoms with van der Waals surface area (Å²) in [5.74, 6) is -2.06. The van der Waals surface area contributed by atoms with Gasteiger partial charge in [-0.3, -0.25) is 9.52 Å². The molecule has 3 rings (SSSR count). The Kier molecular flexibility index (Phi) is 5.18. The van der Waals surface area contributed by atoms with E-state index in [9.17, 15) is 22.0 Å². The van der Waals surface area contributed by atoms with E-state index in [1.165, 1.54) is 18.2 Å². The molecule has 0 aliphatic heterocycles. The minimum atomic E-state index is -3.98. The van der Waals surface area contributed by atoms with E-state index >= 15 is 0 Å². The molecule has 0 unspecified atom stereocenters. The van der Waals surface area contributed by atoms with Crippen molar-refractivity contribution >= 4 is 27.3 Å². The van der Waals surface area contributed by atoms with Crippen LogP contribution < -0.4 is 10.0 Å². The van der Waals surface area contributed by atoms with Crippen molar-refractivity contribution in [3.8, 4) is 0 Å². The van der Waals surface area contributed by atoms with Crippen LogP contribution >= 0.6 is 0 Å². The van der Waals surface area contributed by atoms with Gasteiger partial charge in [0, 0.05) is 11.3 Å². The SMILES string of the molecule is O=C(Nc1ccc(S(=O)(=O)Nc2ccccc2)cc1F)c1ccc(F)cc1. The maximum atomic E-state index is 14.3. The van der Waals surface area contributed by atoms with Crippen LogP contribution in [0.5, 0.6) is 0 Å². The average Bonchev–Trinajstić information content (AvgIpc) is 2.64. The Hall–Kier alpha value is -3.26. The van der Waals surface area contributed by atoms with Crippen molar-refractivity contribution in [2.24, 2.45) is 0 Å². The number of halogens is 2. The maximum absolute atomic E-state index is 14.3. The predicted molar refractivity (Wildman–Crippen MR) is 98.0 cm³/mol. The number of anilines is 2. The monoisotopic (exact) mass is 388 g/mol. The van der Waals surface area contributed by atoms with Crippen LogP contribution in [0.1, 0.15) is 10.4 Å². The van der Waals surface area contributed by atoms with Crippen molar-refractivity contribution < 1.29 is 22.0 Å². The van der Waals surface area contributed by atoms with Gasteiger partial charge in [-0.15, -0.1) is 0 Å². The lowest BCUT2D eigenvalue weighted by Gasteiger charge is -2.10. The molecule has 2 N–H and O–H groups in total. The maximum Gasteiger partial charge on any atom is 0.261 e. The second kappa shape index (κ2) is 7.55. The molecule has 8 heteroatoms. The lowest BCUT2D eigenvalue weighted by atomic mass is 10.2. The summed E-state index contributed by atoms with van der Waals surface area (Å²) in [6.45, 7) is 0. The van der Waals surface area contributed by atoms with E-state index in [4.69, 9.17) is 0 Å². The lowest BCUT2D eigenvalue weighted by Crippen LogP contribution is -2.15. The molecule has 27 heavy (non-hydrogen) atoms. The summed E-state index contributed by atoms with van der Waals surface area (Å²) in [4.78, 5) is 11.8. The van der Waals surface area contributed by atoms with Gasteiger partial charge in [0.25, 0.3) is 15.9 Å². The third kappa shape index (κ3) is 4.48. The third-order valence-corrected chi connectivity index (χ3v) is 5.01. The first kappa shape index (κ1) is 18.5. The van der Waals surface area contributed by atoms with Crippen LogP contribution in [0.2, 0.25) is 0 Å². The molecule has 0 aromatic heterocycles. The van der Waals surface area contributed by atoms with E-state index in [2.05, 4.69) is 10.0 Å². The Balaban J connectivity index is 1.79. The van der Waals surface area contributed by atoms with Crippen molar-refractivity contribution in [1.82, 2.24) is 0 Å². The van der Waals surface area contributed by atoms with Gasteiger partial charge in [-0.2, -0.15) is 0 Å². The first-order valence-corrected chi connectivity index (χ1v) is 9.28. The zero-order valence-electron chi connectivity index (χ0n) is 13.8. The molecular formula is C19H14F2N2O3S. The molecule has 0 atom stereocenters. The van der Waals surface area contributed by atoms with Gasteiger partial charge >= 0.3 is 0 Å². The molecule has 1 amide bonds. The minimum Gasteiger partial charge on any atom is -0.319 e. The Bertz CT molecular complexity index is 1070. The summed E-state index contributed by atoms with van der Waals surface area (Å²) in [6.07, 6.45) is 0. The highest BCUT2D eigenvalue weighted by Crippen LogP contribution is 2.22. The fourth-order valence-electron chi connectivity index (χ4n) is 2.28. The van der Waals surface area contributed by atoms with Gasteiger partial charge in [0.1, 0.15) is 11.6 Å².